The van der Waals surface area contributed by atoms with Gasteiger partial charge in [0.2, 0.25) is 17.7 Å². The molecule has 4 amide bonds. The van der Waals surface area contributed by atoms with Crippen molar-refractivity contribution >= 4 is 34.6 Å². The molecule has 1 fully saturated rings. The van der Waals surface area contributed by atoms with Gasteiger partial charge in [-0.25, -0.2) is 4.79 Å². The molecule has 0 unspecified atom stereocenters. The van der Waals surface area contributed by atoms with Crippen LogP contribution < -0.4 is 10.6 Å². The van der Waals surface area contributed by atoms with Crippen LogP contribution in [0.3, 0.4) is 0 Å². The highest BCUT2D eigenvalue weighted by atomic mass is 16.6. The van der Waals surface area contributed by atoms with Crippen LogP contribution in [0.25, 0.3) is 10.8 Å². The number of carbonyl (C=O) groups is 4. The number of hydrogen-bond donors (Lipinski definition) is 2. The van der Waals surface area contributed by atoms with E-state index in [9.17, 15) is 19.2 Å². The third-order valence-corrected chi connectivity index (χ3v) is 7.97. The van der Waals surface area contributed by atoms with E-state index < -0.39 is 23.3 Å². The first-order chi connectivity index (χ1) is 21.7. The maximum atomic E-state index is 13.7. The van der Waals surface area contributed by atoms with E-state index in [-0.39, 0.29) is 36.9 Å². The lowest BCUT2D eigenvalue weighted by atomic mass is 9.96. The molecule has 244 valence electrons. The number of nitrogens with one attached hydrogen (secondary N) is 2. The van der Waals surface area contributed by atoms with Crippen molar-refractivity contribution in [3.63, 3.8) is 0 Å². The third-order valence-electron chi connectivity index (χ3n) is 7.97. The van der Waals surface area contributed by atoms with Crippen LogP contribution in [0.2, 0.25) is 0 Å². The highest BCUT2D eigenvalue weighted by Crippen LogP contribution is 2.23. The Hall–Kier alpha value is -4.66. The lowest BCUT2D eigenvalue weighted by Crippen LogP contribution is -2.63. The molecule has 0 saturated carbocycles. The summed E-state index contributed by atoms with van der Waals surface area (Å²) in [7, 11) is 1.57. The van der Waals surface area contributed by atoms with E-state index in [1.54, 1.807) is 43.7 Å². The number of carbonyl (C=O) groups excluding carboxylic acids is 4. The molecular weight excluding hydrogens is 580 g/mol. The Bertz CT molecular complexity index is 1580. The Morgan fingerprint density at radius 1 is 0.935 bits per heavy atom. The van der Waals surface area contributed by atoms with Gasteiger partial charge in [-0.3, -0.25) is 14.4 Å². The first kappa shape index (κ1) is 34.2. The molecule has 9 heteroatoms. The van der Waals surface area contributed by atoms with Crippen LogP contribution >= 0.6 is 0 Å². The zero-order valence-electron chi connectivity index (χ0n) is 27.7. The SMILES string of the molecule is CNC(=O)[C@@H](Cc1ccccc1)N1C[C@@H](Cc2ccc3ccccc3c2)N(C(=O)C=CCC(C)(C)NC(=O)OC(C)(C)C)CC1=O. The molecule has 2 atom stereocenters. The van der Waals surface area contributed by atoms with Gasteiger partial charge in [-0.2, -0.15) is 0 Å². The van der Waals surface area contributed by atoms with Crippen LogP contribution in [-0.2, 0) is 32.0 Å². The molecule has 1 saturated heterocycles. The summed E-state index contributed by atoms with van der Waals surface area (Å²) < 4.78 is 5.38. The number of amides is 4. The lowest BCUT2D eigenvalue weighted by molar-refractivity contribution is -0.151. The summed E-state index contributed by atoms with van der Waals surface area (Å²) in [5.41, 5.74) is 0.676. The van der Waals surface area contributed by atoms with E-state index in [4.69, 9.17) is 4.74 Å². The third kappa shape index (κ3) is 9.42. The van der Waals surface area contributed by atoms with Gasteiger partial charge in [-0.1, -0.05) is 78.9 Å². The largest absolute Gasteiger partial charge is 0.444 e. The summed E-state index contributed by atoms with van der Waals surface area (Å²) in [6.07, 6.45) is 3.89. The summed E-state index contributed by atoms with van der Waals surface area (Å²) in [5, 5.41) is 7.78. The van der Waals surface area contributed by atoms with Crippen molar-refractivity contribution in [2.24, 2.45) is 0 Å². The maximum Gasteiger partial charge on any atom is 0.408 e. The van der Waals surface area contributed by atoms with Crippen LogP contribution in [0.4, 0.5) is 4.79 Å². The average Bonchev–Trinajstić information content (AvgIpc) is 2.99. The standard InChI is InChI=1S/C37H46N4O5/c1-36(2,3)46-35(45)39-37(4,5)20-12-17-32(42)40-25-33(43)41(31(34(44)38-6)23-26-13-8-7-9-14-26)24-30(40)22-27-18-19-28-15-10-11-16-29(28)21-27/h7-19,21,30-31H,20,22-25H2,1-6H3,(H,38,44)(H,39,45)/t30-,31-/m1/s1. The number of alkyl carbamates (subject to hydrolysis) is 1. The van der Waals surface area contributed by atoms with Crippen molar-refractivity contribution in [3.05, 3.63) is 96.1 Å². The van der Waals surface area contributed by atoms with Crippen molar-refractivity contribution in [1.82, 2.24) is 20.4 Å². The minimum absolute atomic E-state index is 0.150. The fraction of sp³-hybridized carbons (Fsp3) is 0.405. The van der Waals surface area contributed by atoms with Crippen LogP contribution in [0, 0.1) is 0 Å². The number of likely N-dealkylation sites (N-methyl/N-ethyl adjacent to an activating group) is 1. The van der Waals surface area contributed by atoms with Crippen molar-refractivity contribution in [1.29, 1.82) is 0 Å². The number of rotatable bonds is 10. The predicted molar refractivity (Wildman–Crippen MR) is 180 cm³/mol. The molecule has 2 N–H and O–H groups in total. The Labute approximate surface area is 272 Å². The van der Waals surface area contributed by atoms with E-state index in [1.807, 2.05) is 62.4 Å². The number of piperazine rings is 1. The molecule has 0 aromatic heterocycles. The van der Waals surface area contributed by atoms with Crippen LogP contribution in [-0.4, -0.2) is 77.0 Å². The van der Waals surface area contributed by atoms with E-state index >= 15 is 0 Å². The Kier molecular flexibility index (Phi) is 10.9. The smallest absolute Gasteiger partial charge is 0.408 e. The predicted octanol–water partition coefficient (Wildman–Crippen LogP) is 5.03. The molecule has 3 aromatic rings. The molecule has 46 heavy (non-hydrogen) atoms. The Morgan fingerprint density at radius 3 is 2.28 bits per heavy atom. The molecule has 1 aliphatic heterocycles. The van der Waals surface area contributed by atoms with E-state index in [1.165, 1.54) is 6.08 Å². The maximum absolute atomic E-state index is 13.7. The molecule has 0 aliphatic carbocycles. The number of hydrogen-bond acceptors (Lipinski definition) is 5. The van der Waals surface area contributed by atoms with Gasteiger partial charge in [-0.15, -0.1) is 0 Å². The molecule has 1 aliphatic rings. The van der Waals surface area contributed by atoms with Crippen LogP contribution in [0.15, 0.2) is 84.9 Å². The van der Waals surface area contributed by atoms with Crippen molar-refractivity contribution in [2.45, 2.75) is 77.1 Å². The number of ether oxygens (including phenoxy) is 1. The lowest BCUT2D eigenvalue weighted by Gasteiger charge is -2.43. The second-order valence-corrected chi connectivity index (χ2v) is 13.5. The van der Waals surface area contributed by atoms with Crippen LogP contribution in [0.1, 0.15) is 52.2 Å². The van der Waals surface area contributed by atoms with Crippen LogP contribution in [0.5, 0.6) is 0 Å². The number of benzene rings is 3. The minimum atomic E-state index is -0.716. The highest BCUT2D eigenvalue weighted by molar-refractivity contribution is 5.94. The summed E-state index contributed by atoms with van der Waals surface area (Å²) in [6, 6.07) is 22.8. The van der Waals surface area contributed by atoms with Gasteiger partial charge in [0.25, 0.3) is 0 Å². The van der Waals surface area contributed by atoms with Crippen molar-refractivity contribution in [3.8, 4) is 0 Å². The topological polar surface area (TPSA) is 108 Å². The zero-order valence-corrected chi connectivity index (χ0v) is 27.7. The van der Waals surface area contributed by atoms with E-state index in [0.29, 0.717) is 19.3 Å². The summed E-state index contributed by atoms with van der Waals surface area (Å²) in [4.78, 5) is 56.0. The van der Waals surface area contributed by atoms with Gasteiger partial charge in [0, 0.05) is 25.6 Å². The minimum Gasteiger partial charge on any atom is -0.444 e. The summed E-state index contributed by atoms with van der Waals surface area (Å²) in [6.45, 7) is 9.15. The quantitative estimate of drug-likeness (QED) is 0.307. The van der Waals surface area contributed by atoms with Gasteiger partial charge < -0.3 is 25.2 Å². The summed E-state index contributed by atoms with van der Waals surface area (Å²) in [5.74, 6) is -0.833. The first-order valence-electron chi connectivity index (χ1n) is 15.8. The Balaban J connectivity index is 1.57. The van der Waals surface area contributed by atoms with Crippen molar-refractivity contribution in [2.75, 3.05) is 20.1 Å². The number of nitrogens with zero attached hydrogens (tertiary/aromatic N) is 2. The van der Waals surface area contributed by atoms with Crippen molar-refractivity contribution < 1.29 is 23.9 Å². The highest BCUT2D eigenvalue weighted by Gasteiger charge is 2.39. The second kappa shape index (κ2) is 14.6. The second-order valence-electron chi connectivity index (χ2n) is 13.5. The molecule has 0 spiro atoms. The van der Waals surface area contributed by atoms with Gasteiger partial charge in [-0.05, 0) is 75.4 Å². The number of fused-ring (bicyclic) bond motifs is 1. The monoisotopic (exact) mass is 626 g/mol. The average molecular weight is 627 g/mol. The fourth-order valence-electron chi connectivity index (χ4n) is 5.69. The molecule has 9 nitrogen and oxygen atoms in total. The molecule has 3 aromatic carbocycles. The normalized spacial score (nSPS) is 16.4. The Morgan fingerprint density at radius 2 is 1.61 bits per heavy atom. The molecule has 0 bridgehead atoms. The van der Waals surface area contributed by atoms with E-state index in [0.717, 1.165) is 21.9 Å². The molecular formula is C37H46N4O5. The van der Waals surface area contributed by atoms with Gasteiger partial charge in [0.15, 0.2) is 0 Å². The van der Waals surface area contributed by atoms with Gasteiger partial charge in [0.05, 0.1) is 6.04 Å². The summed E-state index contributed by atoms with van der Waals surface area (Å²) >= 11 is 0. The van der Waals surface area contributed by atoms with E-state index in [2.05, 4.69) is 34.9 Å². The zero-order chi connectivity index (χ0) is 33.5. The molecule has 0 radical (unpaired) electrons. The fourth-order valence-corrected chi connectivity index (χ4v) is 5.69. The first-order valence-corrected chi connectivity index (χ1v) is 15.8. The van der Waals surface area contributed by atoms with Gasteiger partial charge in [0.1, 0.15) is 18.2 Å². The van der Waals surface area contributed by atoms with Gasteiger partial charge >= 0.3 is 6.09 Å². The molecule has 1 heterocycles. The molecule has 4 rings (SSSR count).